The van der Waals surface area contributed by atoms with Crippen LogP contribution in [0.1, 0.15) is 11.1 Å². The highest BCUT2D eigenvalue weighted by molar-refractivity contribution is 5.76. The van der Waals surface area contributed by atoms with Crippen LogP contribution in [0.15, 0.2) is 48.8 Å². The highest BCUT2D eigenvalue weighted by atomic mass is 16.6. The van der Waals surface area contributed by atoms with E-state index in [-0.39, 0.29) is 6.09 Å². The number of hydrogen-bond acceptors (Lipinski definition) is 3. The lowest BCUT2D eigenvalue weighted by molar-refractivity contribution is 0.106. The van der Waals surface area contributed by atoms with E-state index < -0.39 is 0 Å². The molecule has 0 fully saturated rings. The number of carbonyl (C=O) groups excluding carboxylic acids is 1. The maximum Gasteiger partial charge on any atom is 0.410 e. The normalized spacial score (nSPS) is 14.1. The quantitative estimate of drug-likeness (QED) is 0.869. The molecule has 5 nitrogen and oxygen atoms in total. The van der Waals surface area contributed by atoms with Gasteiger partial charge >= 0.3 is 6.09 Å². The third kappa shape index (κ3) is 3.13. The van der Waals surface area contributed by atoms with Gasteiger partial charge in [0, 0.05) is 31.9 Å². The third-order valence-electron chi connectivity index (χ3n) is 3.46. The lowest BCUT2D eigenvalue weighted by atomic mass is 10.1. The molecule has 0 atom stereocenters. The number of hydrogen-bond donors (Lipinski definition) is 0. The predicted octanol–water partition coefficient (Wildman–Crippen LogP) is 2.46. The van der Waals surface area contributed by atoms with Crippen molar-refractivity contribution in [1.82, 2.24) is 14.7 Å². The molecular formula is C16H17N3O2. The molecule has 0 saturated carbocycles. The predicted molar refractivity (Wildman–Crippen MR) is 79.4 cm³/mol. The number of ether oxygens (including phenoxy) is 1. The van der Waals surface area contributed by atoms with Crippen LogP contribution >= 0.6 is 0 Å². The van der Waals surface area contributed by atoms with Crippen molar-refractivity contribution in [2.75, 3.05) is 13.1 Å². The second kappa shape index (κ2) is 5.83. The van der Waals surface area contributed by atoms with E-state index in [2.05, 4.69) is 5.10 Å². The third-order valence-corrected chi connectivity index (χ3v) is 3.46. The fourth-order valence-electron chi connectivity index (χ4n) is 2.30. The molecule has 0 bridgehead atoms. The van der Waals surface area contributed by atoms with Gasteiger partial charge < -0.3 is 9.64 Å². The zero-order chi connectivity index (χ0) is 14.7. The summed E-state index contributed by atoms with van der Waals surface area (Å²) in [7, 11) is 1.88. The summed E-state index contributed by atoms with van der Waals surface area (Å²) < 4.78 is 7.09. The highest BCUT2D eigenvalue weighted by Crippen LogP contribution is 2.21. The number of amides is 1. The van der Waals surface area contributed by atoms with E-state index in [1.807, 2.05) is 55.8 Å². The molecule has 1 aliphatic rings. The Bertz CT molecular complexity index is 661. The van der Waals surface area contributed by atoms with Crippen molar-refractivity contribution in [2.24, 2.45) is 7.05 Å². The van der Waals surface area contributed by atoms with Crippen LogP contribution in [0.4, 0.5) is 4.79 Å². The molecule has 0 spiro atoms. The summed E-state index contributed by atoms with van der Waals surface area (Å²) in [6.45, 7) is 1.45. The number of carbonyl (C=O) groups is 1. The van der Waals surface area contributed by atoms with Crippen LogP contribution in [0.2, 0.25) is 0 Å². The minimum Gasteiger partial charge on any atom is -0.445 e. The van der Waals surface area contributed by atoms with Gasteiger partial charge in [-0.25, -0.2) is 4.79 Å². The first-order valence-electron chi connectivity index (χ1n) is 6.86. The molecule has 1 aromatic carbocycles. The second-order valence-electron chi connectivity index (χ2n) is 5.05. The lowest BCUT2D eigenvalue weighted by Crippen LogP contribution is -2.29. The summed E-state index contributed by atoms with van der Waals surface area (Å²) in [4.78, 5) is 13.7. The minimum atomic E-state index is -0.283. The summed E-state index contributed by atoms with van der Waals surface area (Å²) in [5.74, 6) is 0. The summed E-state index contributed by atoms with van der Waals surface area (Å²) in [6.07, 6.45) is 5.52. The maximum absolute atomic E-state index is 12.1. The summed E-state index contributed by atoms with van der Waals surface area (Å²) in [5, 5.41) is 4.15. The average Bonchev–Trinajstić information content (AvgIpc) is 3.14. The number of rotatable bonds is 3. The van der Waals surface area contributed by atoms with Crippen molar-refractivity contribution in [3.8, 4) is 0 Å². The van der Waals surface area contributed by atoms with Crippen molar-refractivity contribution in [1.29, 1.82) is 0 Å². The molecule has 0 aliphatic carbocycles. The van der Waals surface area contributed by atoms with Gasteiger partial charge in [-0.05, 0) is 11.1 Å². The van der Waals surface area contributed by atoms with Crippen molar-refractivity contribution >= 4 is 11.7 Å². The number of nitrogens with zero attached hydrogens (tertiary/aromatic N) is 3. The molecule has 108 valence electrons. The van der Waals surface area contributed by atoms with Crippen LogP contribution in [-0.4, -0.2) is 33.9 Å². The van der Waals surface area contributed by atoms with Crippen LogP contribution < -0.4 is 0 Å². The van der Waals surface area contributed by atoms with Gasteiger partial charge in [0.1, 0.15) is 6.61 Å². The molecule has 5 heteroatoms. The van der Waals surface area contributed by atoms with Gasteiger partial charge in [-0.2, -0.15) is 5.10 Å². The topological polar surface area (TPSA) is 47.4 Å². The van der Waals surface area contributed by atoms with Gasteiger partial charge in [0.2, 0.25) is 0 Å². The van der Waals surface area contributed by atoms with Crippen LogP contribution in [-0.2, 0) is 18.4 Å². The summed E-state index contributed by atoms with van der Waals surface area (Å²) in [6, 6.07) is 9.69. The first-order valence-corrected chi connectivity index (χ1v) is 6.86. The molecule has 3 rings (SSSR count). The van der Waals surface area contributed by atoms with E-state index in [0.717, 1.165) is 16.7 Å². The molecule has 0 N–H and O–H groups in total. The van der Waals surface area contributed by atoms with Gasteiger partial charge in [0.25, 0.3) is 0 Å². The average molecular weight is 283 g/mol. The number of aryl methyl sites for hydroxylation is 1. The monoisotopic (exact) mass is 283 g/mol. The molecule has 1 aliphatic heterocycles. The fraction of sp³-hybridized carbons (Fsp3) is 0.250. The van der Waals surface area contributed by atoms with Gasteiger partial charge in [-0.1, -0.05) is 36.4 Å². The first-order chi connectivity index (χ1) is 10.2. The highest BCUT2D eigenvalue weighted by Gasteiger charge is 2.22. The van der Waals surface area contributed by atoms with E-state index in [1.54, 1.807) is 9.58 Å². The van der Waals surface area contributed by atoms with Gasteiger partial charge in [0.15, 0.2) is 0 Å². The lowest BCUT2D eigenvalue weighted by Gasteiger charge is -2.16. The van der Waals surface area contributed by atoms with Crippen LogP contribution in [0.5, 0.6) is 0 Å². The van der Waals surface area contributed by atoms with Gasteiger partial charge in [-0.15, -0.1) is 0 Å². The van der Waals surface area contributed by atoms with Crippen molar-refractivity contribution < 1.29 is 9.53 Å². The van der Waals surface area contributed by atoms with Crippen molar-refractivity contribution in [3.05, 3.63) is 59.9 Å². The zero-order valence-electron chi connectivity index (χ0n) is 11.9. The van der Waals surface area contributed by atoms with E-state index in [4.69, 9.17) is 4.74 Å². The Kier molecular flexibility index (Phi) is 3.73. The molecule has 0 unspecified atom stereocenters. The van der Waals surface area contributed by atoms with Crippen LogP contribution in [0.25, 0.3) is 5.57 Å². The van der Waals surface area contributed by atoms with Crippen LogP contribution in [0, 0.1) is 0 Å². The Morgan fingerprint density at radius 3 is 2.86 bits per heavy atom. The smallest absolute Gasteiger partial charge is 0.410 e. The molecule has 1 amide bonds. The van der Waals surface area contributed by atoms with E-state index in [9.17, 15) is 4.79 Å². The standard InChI is InChI=1S/C16H17N3O2/c1-18-10-15(9-17-18)14-7-8-19(11-14)16(20)21-12-13-5-3-2-4-6-13/h2-7,9-10H,8,11-12H2,1H3. The zero-order valence-corrected chi connectivity index (χ0v) is 11.9. The Balaban J connectivity index is 1.54. The molecule has 1 aromatic heterocycles. The molecular weight excluding hydrogens is 266 g/mol. The van der Waals surface area contributed by atoms with Crippen LogP contribution in [0.3, 0.4) is 0 Å². The van der Waals surface area contributed by atoms with E-state index in [0.29, 0.717) is 19.7 Å². The summed E-state index contributed by atoms with van der Waals surface area (Å²) >= 11 is 0. The van der Waals surface area contributed by atoms with Crippen molar-refractivity contribution in [2.45, 2.75) is 6.61 Å². The fourth-order valence-corrected chi connectivity index (χ4v) is 2.30. The largest absolute Gasteiger partial charge is 0.445 e. The molecule has 2 heterocycles. The first kappa shape index (κ1) is 13.4. The Morgan fingerprint density at radius 2 is 2.14 bits per heavy atom. The van der Waals surface area contributed by atoms with Crippen molar-refractivity contribution in [3.63, 3.8) is 0 Å². The SMILES string of the molecule is Cn1cc(C2=CCN(C(=O)OCc3ccccc3)C2)cn1. The second-order valence-corrected chi connectivity index (χ2v) is 5.05. The maximum atomic E-state index is 12.1. The Labute approximate surface area is 123 Å². The van der Waals surface area contributed by atoms with E-state index >= 15 is 0 Å². The van der Waals surface area contributed by atoms with E-state index in [1.165, 1.54) is 0 Å². The molecule has 2 aromatic rings. The molecule has 0 radical (unpaired) electrons. The Hall–Kier alpha value is -2.56. The Morgan fingerprint density at radius 1 is 1.33 bits per heavy atom. The summed E-state index contributed by atoms with van der Waals surface area (Å²) in [5.41, 5.74) is 3.15. The van der Waals surface area contributed by atoms with Gasteiger partial charge in [-0.3, -0.25) is 4.68 Å². The molecule has 21 heavy (non-hydrogen) atoms. The minimum absolute atomic E-state index is 0.283. The molecule has 0 saturated heterocycles. The number of benzene rings is 1. The number of aromatic nitrogens is 2. The van der Waals surface area contributed by atoms with Gasteiger partial charge in [0.05, 0.1) is 6.20 Å².